The number of unbranched alkanes of at least 4 members (excludes halogenated alkanes) is 1. The minimum absolute atomic E-state index is 0.0715. The van der Waals surface area contributed by atoms with Gasteiger partial charge in [-0.3, -0.25) is 4.79 Å². The fourth-order valence-electron chi connectivity index (χ4n) is 2.69. The summed E-state index contributed by atoms with van der Waals surface area (Å²) in [5.41, 5.74) is 5.97. The van der Waals surface area contributed by atoms with Crippen LogP contribution in [0.1, 0.15) is 43.1 Å². The highest BCUT2D eigenvalue weighted by molar-refractivity contribution is 5.92. The number of nitrogens with one attached hydrogen (secondary N) is 1. The van der Waals surface area contributed by atoms with Gasteiger partial charge in [-0.25, -0.2) is 4.98 Å². The van der Waals surface area contributed by atoms with Crippen LogP contribution in [0.15, 0.2) is 12.5 Å². The fraction of sp³-hybridized carbons (Fsp3) is 0.733. The first-order valence-electron chi connectivity index (χ1n) is 7.98. The van der Waals surface area contributed by atoms with Crippen LogP contribution in [0.3, 0.4) is 0 Å². The van der Waals surface area contributed by atoms with Crippen LogP contribution in [-0.2, 0) is 6.54 Å². The van der Waals surface area contributed by atoms with Crippen molar-refractivity contribution < 1.29 is 4.79 Å². The molecule has 0 bridgehead atoms. The predicted octanol–water partition coefficient (Wildman–Crippen LogP) is 0.836. The van der Waals surface area contributed by atoms with Crippen LogP contribution in [0.4, 0.5) is 0 Å². The zero-order valence-electron chi connectivity index (χ0n) is 12.9. The average Bonchev–Trinajstić information content (AvgIpc) is 2.96. The summed E-state index contributed by atoms with van der Waals surface area (Å²) in [5.74, 6) is -0.0715. The number of hydrogen-bond acceptors (Lipinski definition) is 4. The van der Waals surface area contributed by atoms with Crippen molar-refractivity contribution in [2.45, 2.75) is 45.2 Å². The van der Waals surface area contributed by atoms with Gasteiger partial charge in [0.1, 0.15) is 5.69 Å². The van der Waals surface area contributed by atoms with Crippen LogP contribution in [-0.4, -0.2) is 52.6 Å². The van der Waals surface area contributed by atoms with Crippen LogP contribution < -0.4 is 11.1 Å². The largest absolute Gasteiger partial charge is 0.348 e. The van der Waals surface area contributed by atoms with Gasteiger partial charge in [0.25, 0.3) is 5.91 Å². The number of likely N-dealkylation sites (tertiary alicyclic amines) is 1. The summed E-state index contributed by atoms with van der Waals surface area (Å²) >= 11 is 0. The van der Waals surface area contributed by atoms with E-state index in [1.807, 2.05) is 4.57 Å². The van der Waals surface area contributed by atoms with Gasteiger partial charge < -0.3 is 20.5 Å². The van der Waals surface area contributed by atoms with Crippen molar-refractivity contribution in [3.8, 4) is 0 Å². The molecule has 0 aromatic carbocycles. The molecular weight excluding hydrogens is 266 g/mol. The van der Waals surface area contributed by atoms with E-state index in [9.17, 15) is 4.79 Å². The Hall–Kier alpha value is -1.40. The van der Waals surface area contributed by atoms with Gasteiger partial charge in [-0.15, -0.1) is 0 Å². The molecule has 1 fully saturated rings. The SMILES string of the molecule is CCCCN1CCC(NC(=O)c2cn(CCN)cn2)CC1. The molecule has 0 atom stereocenters. The van der Waals surface area contributed by atoms with E-state index < -0.39 is 0 Å². The summed E-state index contributed by atoms with van der Waals surface area (Å²) < 4.78 is 1.85. The van der Waals surface area contributed by atoms with E-state index in [1.165, 1.54) is 19.4 Å². The Balaban J connectivity index is 1.75. The highest BCUT2D eigenvalue weighted by Crippen LogP contribution is 2.11. The van der Waals surface area contributed by atoms with Gasteiger partial charge in [0.2, 0.25) is 0 Å². The zero-order chi connectivity index (χ0) is 15.1. The molecule has 1 saturated heterocycles. The molecule has 118 valence electrons. The molecule has 0 saturated carbocycles. The first-order chi connectivity index (χ1) is 10.2. The van der Waals surface area contributed by atoms with Crippen LogP contribution in [0.5, 0.6) is 0 Å². The molecule has 2 heterocycles. The molecule has 6 heteroatoms. The minimum Gasteiger partial charge on any atom is -0.348 e. The van der Waals surface area contributed by atoms with Crippen molar-refractivity contribution in [3.05, 3.63) is 18.2 Å². The summed E-state index contributed by atoms with van der Waals surface area (Å²) in [4.78, 5) is 18.8. The number of aromatic nitrogens is 2. The highest BCUT2D eigenvalue weighted by atomic mass is 16.2. The van der Waals surface area contributed by atoms with Crippen molar-refractivity contribution >= 4 is 5.91 Å². The quantitative estimate of drug-likeness (QED) is 0.781. The lowest BCUT2D eigenvalue weighted by Crippen LogP contribution is -2.44. The standard InChI is InChI=1S/C15H27N5O/c1-2-3-7-19-8-4-13(5-9-19)18-15(21)14-11-20(10-6-16)12-17-14/h11-13H,2-10,16H2,1H3,(H,18,21). The summed E-state index contributed by atoms with van der Waals surface area (Å²) in [5, 5.41) is 3.09. The molecule has 2 rings (SSSR count). The molecule has 3 N–H and O–H groups in total. The number of carbonyl (C=O) groups is 1. The molecule has 0 spiro atoms. The first-order valence-corrected chi connectivity index (χ1v) is 7.98. The lowest BCUT2D eigenvalue weighted by Gasteiger charge is -2.32. The van der Waals surface area contributed by atoms with E-state index in [-0.39, 0.29) is 11.9 Å². The Bertz CT molecular complexity index is 437. The Morgan fingerprint density at radius 1 is 1.43 bits per heavy atom. The summed E-state index contributed by atoms with van der Waals surface area (Å²) in [6.45, 7) is 6.79. The molecule has 1 amide bonds. The minimum atomic E-state index is -0.0715. The second kappa shape index (κ2) is 8.14. The second-order valence-corrected chi connectivity index (χ2v) is 5.73. The molecule has 6 nitrogen and oxygen atoms in total. The van der Waals surface area contributed by atoms with E-state index in [0.717, 1.165) is 25.9 Å². The number of piperidine rings is 1. The molecule has 1 aromatic heterocycles. The van der Waals surface area contributed by atoms with E-state index in [1.54, 1.807) is 12.5 Å². The molecule has 1 aromatic rings. The molecular formula is C15H27N5O. The van der Waals surface area contributed by atoms with E-state index >= 15 is 0 Å². The van der Waals surface area contributed by atoms with Gasteiger partial charge in [0.05, 0.1) is 6.33 Å². The summed E-state index contributed by atoms with van der Waals surface area (Å²) in [6.07, 6.45) is 7.98. The number of rotatable bonds is 7. The van der Waals surface area contributed by atoms with Crippen molar-refractivity contribution in [3.63, 3.8) is 0 Å². The fourth-order valence-corrected chi connectivity index (χ4v) is 2.69. The van der Waals surface area contributed by atoms with Crippen molar-refractivity contribution in [1.82, 2.24) is 19.8 Å². The smallest absolute Gasteiger partial charge is 0.271 e. The van der Waals surface area contributed by atoms with Gasteiger partial charge in [-0.1, -0.05) is 13.3 Å². The number of carbonyl (C=O) groups excluding carboxylic acids is 1. The molecule has 21 heavy (non-hydrogen) atoms. The summed E-state index contributed by atoms with van der Waals surface area (Å²) in [7, 11) is 0. The van der Waals surface area contributed by atoms with Gasteiger partial charge in [0, 0.05) is 38.4 Å². The Morgan fingerprint density at radius 2 is 2.19 bits per heavy atom. The highest BCUT2D eigenvalue weighted by Gasteiger charge is 2.21. The van der Waals surface area contributed by atoms with Gasteiger partial charge >= 0.3 is 0 Å². The molecule has 1 aliphatic heterocycles. The zero-order valence-corrected chi connectivity index (χ0v) is 12.9. The van der Waals surface area contributed by atoms with Crippen LogP contribution in [0.25, 0.3) is 0 Å². The van der Waals surface area contributed by atoms with E-state index in [2.05, 4.69) is 22.1 Å². The third kappa shape index (κ3) is 4.82. The number of nitrogens with zero attached hydrogens (tertiary/aromatic N) is 3. The van der Waals surface area contributed by atoms with Gasteiger partial charge in [0.15, 0.2) is 0 Å². The third-order valence-corrected chi connectivity index (χ3v) is 4.00. The van der Waals surface area contributed by atoms with Crippen molar-refractivity contribution in [1.29, 1.82) is 0 Å². The van der Waals surface area contributed by atoms with Gasteiger partial charge in [-0.2, -0.15) is 0 Å². The lowest BCUT2D eigenvalue weighted by molar-refractivity contribution is 0.0906. The normalized spacial score (nSPS) is 17.0. The molecule has 0 unspecified atom stereocenters. The lowest BCUT2D eigenvalue weighted by atomic mass is 10.0. The third-order valence-electron chi connectivity index (χ3n) is 4.00. The second-order valence-electron chi connectivity index (χ2n) is 5.73. The molecule has 0 radical (unpaired) electrons. The topological polar surface area (TPSA) is 76.2 Å². The predicted molar refractivity (Wildman–Crippen MR) is 83.1 cm³/mol. The molecule has 1 aliphatic rings. The Labute approximate surface area is 126 Å². The molecule has 0 aliphatic carbocycles. The van der Waals surface area contributed by atoms with Crippen molar-refractivity contribution in [2.75, 3.05) is 26.2 Å². The summed E-state index contributed by atoms with van der Waals surface area (Å²) in [6, 6.07) is 0.273. The Morgan fingerprint density at radius 3 is 2.86 bits per heavy atom. The van der Waals surface area contributed by atoms with Crippen LogP contribution in [0, 0.1) is 0 Å². The maximum atomic E-state index is 12.2. The number of imidazole rings is 1. The number of nitrogens with two attached hydrogens (primary N) is 1. The van der Waals surface area contributed by atoms with Gasteiger partial charge in [-0.05, 0) is 25.8 Å². The maximum Gasteiger partial charge on any atom is 0.271 e. The number of hydrogen-bond donors (Lipinski definition) is 2. The monoisotopic (exact) mass is 293 g/mol. The van der Waals surface area contributed by atoms with Crippen LogP contribution in [0.2, 0.25) is 0 Å². The van der Waals surface area contributed by atoms with Crippen LogP contribution >= 0.6 is 0 Å². The average molecular weight is 293 g/mol. The van der Waals surface area contributed by atoms with Crippen molar-refractivity contribution in [2.24, 2.45) is 5.73 Å². The maximum absolute atomic E-state index is 12.2. The number of amides is 1. The Kier molecular flexibility index (Phi) is 6.20. The van der Waals surface area contributed by atoms with E-state index in [0.29, 0.717) is 18.8 Å². The van der Waals surface area contributed by atoms with E-state index in [4.69, 9.17) is 5.73 Å². The first kappa shape index (κ1) is 16.0.